The number of hydrogen-bond acceptors (Lipinski definition) is 3. The Morgan fingerprint density at radius 2 is 2.15 bits per heavy atom. The van der Waals surface area contributed by atoms with Crippen molar-refractivity contribution >= 4 is 35.0 Å². The Balaban J connectivity index is 2.81. The summed E-state index contributed by atoms with van der Waals surface area (Å²) in [5.41, 5.74) is 1.95. The lowest BCUT2D eigenvalue weighted by molar-refractivity contribution is 1.10. The van der Waals surface area contributed by atoms with E-state index in [2.05, 4.69) is 9.97 Å². The van der Waals surface area contributed by atoms with Gasteiger partial charge in [-0.3, -0.25) is 0 Å². The predicted octanol–water partition coefficient (Wildman–Crippen LogP) is 3.01. The predicted molar refractivity (Wildman–Crippen MR) is 58.7 cm³/mol. The van der Waals surface area contributed by atoms with Gasteiger partial charge in [-0.2, -0.15) is 0 Å². The molecule has 0 unspecified atom stereocenters. The smallest absolute Gasteiger partial charge is 0.136 e. The summed E-state index contributed by atoms with van der Waals surface area (Å²) in [5, 5.41) is 0.883. The fourth-order valence-corrected chi connectivity index (χ4v) is 1.98. The van der Waals surface area contributed by atoms with Gasteiger partial charge >= 0.3 is 0 Å². The molecule has 2 aromatic rings. The highest BCUT2D eigenvalue weighted by atomic mass is 32.2. The van der Waals surface area contributed by atoms with Crippen LogP contribution >= 0.6 is 24.0 Å². The molecule has 1 N–H and O–H groups in total. The van der Waals surface area contributed by atoms with Crippen molar-refractivity contribution in [3.63, 3.8) is 0 Å². The van der Waals surface area contributed by atoms with E-state index in [-0.39, 0.29) is 0 Å². The van der Waals surface area contributed by atoms with E-state index in [1.807, 2.05) is 30.5 Å². The van der Waals surface area contributed by atoms with E-state index < -0.39 is 0 Å². The first-order chi connectivity index (χ1) is 6.31. The molecule has 2 nitrogen and oxygen atoms in total. The Bertz CT molecular complexity index is 490. The molecule has 0 saturated carbocycles. The molecule has 1 aromatic carbocycles. The molecule has 0 aliphatic carbocycles. The van der Waals surface area contributed by atoms with Crippen LogP contribution in [0.25, 0.3) is 11.0 Å². The maximum Gasteiger partial charge on any atom is 0.136 e. The molecule has 0 spiro atoms. The molecular weight excluding hydrogens is 200 g/mol. The van der Waals surface area contributed by atoms with E-state index in [9.17, 15) is 0 Å². The van der Waals surface area contributed by atoms with Crippen LogP contribution in [-0.4, -0.2) is 16.2 Å². The van der Waals surface area contributed by atoms with Gasteiger partial charge in [0.05, 0.1) is 11.0 Å². The second-order valence-electron chi connectivity index (χ2n) is 2.59. The highest BCUT2D eigenvalue weighted by Gasteiger charge is 1.98. The zero-order valence-electron chi connectivity index (χ0n) is 7.07. The standard InChI is InChI=1S/C9H8N2S2/c1-13-9-8(12)10-6-4-2-3-5-7(6)11-9/h2-5H,1H3,(H,10,12). The van der Waals surface area contributed by atoms with Crippen LogP contribution in [0.1, 0.15) is 0 Å². The minimum atomic E-state index is 0.714. The largest absolute Gasteiger partial charge is 0.343 e. The third kappa shape index (κ3) is 1.59. The zero-order chi connectivity index (χ0) is 9.26. The van der Waals surface area contributed by atoms with E-state index in [1.165, 1.54) is 0 Å². The highest BCUT2D eigenvalue weighted by Crippen LogP contribution is 2.16. The van der Waals surface area contributed by atoms with Crippen molar-refractivity contribution in [3.05, 3.63) is 28.9 Å². The third-order valence-electron chi connectivity index (χ3n) is 1.76. The van der Waals surface area contributed by atoms with Crippen molar-refractivity contribution in [1.29, 1.82) is 0 Å². The Morgan fingerprint density at radius 3 is 2.92 bits per heavy atom. The lowest BCUT2D eigenvalue weighted by Crippen LogP contribution is -1.87. The molecule has 1 heterocycles. The molecule has 66 valence electrons. The number of nitrogens with one attached hydrogen (secondary N) is 1. The number of rotatable bonds is 1. The first kappa shape index (κ1) is 8.72. The molecule has 13 heavy (non-hydrogen) atoms. The molecule has 2 rings (SSSR count). The fraction of sp³-hybridized carbons (Fsp3) is 0.111. The number of aromatic amines is 1. The van der Waals surface area contributed by atoms with Crippen molar-refractivity contribution in [2.45, 2.75) is 5.03 Å². The van der Waals surface area contributed by atoms with Gasteiger partial charge in [0.25, 0.3) is 0 Å². The number of nitrogens with zero attached hydrogens (tertiary/aromatic N) is 1. The second kappa shape index (κ2) is 3.47. The number of aromatic nitrogens is 2. The van der Waals surface area contributed by atoms with Gasteiger partial charge in [0.1, 0.15) is 9.67 Å². The summed E-state index contributed by atoms with van der Waals surface area (Å²) in [5.74, 6) is 0. The Labute approximate surface area is 85.4 Å². The van der Waals surface area contributed by atoms with Gasteiger partial charge in [-0.25, -0.2) is 4.98 Å². The molecule has 0 radical (unpaired) electrons. The van der Waals surface area contributed by atoms with E-state index in [0.717, 1.165) is 16.1 Å². The van der Waals surface area contributed by atoms with Gasteiger partial charge in [0.15, 0.2) is 0 Å². The first-order valence-corrected chi connectivity index (χ1v) is 5.47. The number of H-pyrrole nitrogens is 1. The van der Waals surface area contributed by atoms with Crippen LogP contribution in [0.5, 0.6) is 0 Å². The molecule has 4 heteroatoms. The maximum atomic E-state index is 5.14. The summed E-state index contributed by atoms with van der Waals surface area (Å²) in [6, 6.07) is 7.88. The molecule has 0 saturated heterocycles. The minimum Gasteiger partial charge on any atom is -0.343 e. The quantitative estimate of drug-likeness (QED) is 0.577. The average Bonchev–Trinajstić information content (AvgIpc) is 2.17. The molecule has 0 fully saturated rings. The fourth-order valence-electron chi connectivity index (χ4n) is 1.15. The minimum absolute atomic E-state index is 0.714. The molecule has 1 aromatic heterocycles. The zero-order valence-corrected chi connectivity index (χ0v) is 8.71. The van der Waals surface area contributed by atoms with Gasteiger partial charge in [0, 0.05) is 0 Å². The van der Waals surface area contributed by atoms with Gasteiger partial charge in [-0.05, 0) is 18.4 Å². The summed E-state index contributed by atoms with van der Waals surface area (Å²) in [6.07, 6.45) is 1.97. The molecule has 0 aliphatic heterocycles. The van der Waals surface area contributed by atoms with Crippen LogP contribution in [0.2, 0.25) is 0 Å². The van der Waals surface area contributed by atoms with Crippen LogP contribution in [0.3, 0.4) is 0 Å². The Hall–Kier alpha value is -0.870. The van der Waals surface area contributed by atoms with Crippen molar-refractivity contribution in [1.82, 2.24) is 9.97 Å². The maximum absolute atomic E-state index is 5.14. The Morgan fingerprint density at radius 1 is 1.38 bits per heavy atom. The summed E-state index contributed by atoms with van der Waals surface area (Å²) < 4.78 is 0.714. The lowest BCUT2D eigenvalue weighted by atomic mass is 10.3. The van der Waals surface area contributed by atoms with Crippen LogP contribution < -0.4 is 0 Å². The van der Waals surface area contributed by atoms with Crippen LogP contribution in [0, 0.1) is 4.64 Å². The second-order valence-corrected chi connectivity index (χ2v) is 3.80. The van der Waals surface area contributed by atoms with Crippen LogP contribution in [0.4, 0.5) is 0 Å². The van der Waals surface area contributed by atoms with Gasteiger partial charge < -0.3 is 4.98 Å². The van der Waals surface area contributed by atoms with Gasteiger partial charge in [0.2, 0.25) is 0 Å². The SMILES string of the molecule is CSc1nc2ccccc2[nH]c1=S. The van der Waals surface area contributed by atoms with Gasteiger partial charge in [-0.15, -0.1) is 11.8 Å². The topological polar surface area (TPSA) is 28.7 Å². The Kier molecular flexibility index (Phi) is 2.33. The highest BCUT2D eigenvalue weighted by molar-refractivity contribution is 7.98. The summed E-state index contributed by atoms with van der Waals surface area (Å²) in [7, 11) is 0. The van der Waals surface area contributed by atoms with Crippen molar-refractivity contribution in [3.8, 4) is 0 Å². The number of benzene rings is 1. The number of para-hydroxylation sites is 2. The van der Waals surface area contributed by atoms with E-state index >= 15 is 0 Å². The van der Waals surface area contributed by atoms with E-state index in [0.29, 0.717) is 4.64 Å². The molecule has 0 amide bonds. The van der Waals surface area contributed by atoms with Gasteiger partial charge in [-0.1, -0.05) is 24.4 Å². The summed E-state index contributed by atoms with van der Waals surface area (Å²) in [4.78, 5) is 7.56. The van der Waals surface area contributed by atoms with E-state index in [4.69, 9.17) is 12.2 Å². The summed E-state index contributed by atoms with van der Waals surface area (Å²) in [6.45, 7) is 0. The number of thioether (sulfide) groups is 1. The van der Waals surface area contributed by atoms with Crippen molar-refractivity contribution in [2.24, 2.45) is 0 Å². The van der Waals surface area contributed by atoms with Crippen LogP contribution in [-0.2, 0) is 0 Å². The lowest BCUT2D eigenvalue weighted by Gasteiger charge is -1.99. The third-order valence-corrected chi connectivity index (χ3v) is 2.87. The average molecular weight is 208 g/mol. The molecular formula is C9H8N2S2. The number of hydrogen-bond donors (Lipinski definition) is 1. The van der Waals surface area contributed by atoms with Crippen LogP contribution in [0.15, 0.2) is 29.3 Å². The van der Waals surface area contributed by atoms with Crippen molar-refractivity contribution < 1.29 is 0 Å². The van der Waals surface area contributed by atoms with E-state index in [1.54, 1.807) is 11.8 Å². The molecule has 0 bridgehead atoms. The monoisotopic (exact) mass is 208 g/mol. The molecule has 0 aliphatic rings. The summed E-state index contributed by atoms with van der Waals surface area (Å²) >= 11 is 6.70. The number of fused-ring (bicyclic) bond motifs is 1. The molecule has 0 atom stereocenters. The normalized spacial score (nSPS) is 10.5. The first-order valence-electron chi connectivity index (χ1n) is 3.84. The van der Waals surface area contributed by atoms with Crippen molar-refractivity contribution in [2.75, 3.05) is 6.26 Å².